The van der Waals surface area contributed by atoms with E-state index in [1.807, 2.05) is 0 Å². The SMILES string of the molecule is COc1cc(N2C(=O)c3ccccc3C2=O)[nH]n1. The molecule has 1 N–H and O–H groups in total. The summed E-state index contributed by atoms with van der Waals surface area (Å²) in [5, 5.41) is 6.42. The number of ether oxygens (including phenoxy) is 1. The maximum absolute atomic E-state index is 12.1. The minimum absolute atomic E-state index is 0.304. The molecule has 0 atom stereocenters. The largest absolute Gasteiger partial charge is 0.480 e. The number of benzene rings is 1. The first-order valence-electron chi connectivity index (χ1n) is 5.29. The lowest BCUT2D eigenvalue weighted by Crippen LogP contribution is -2.29. The molecule has 0 radical (unpaired) electrons. The second kappa shape index (κ2) is 3.69. The molecule has 0 spiro atoms. The van der Waals surface area contributed by atoms with Crippen LogP contribution in [0.1, 0.15) is 20.7 Å². The van der Waals surface area contributed by atoms with Gasteiger partial charge in [0.25, 0.3) is 11.8 Å². The number of carbonyl (C=O) groups excluding carboxylic acids is 2. The number of rotatable bonds is 2. The van der Waals surface area contributed by atoms with Gasteiger partial charge in [0.05, 0.1) is 18.2 Å². The summed E-state index contributed by atoms with van der Waals surface area (Å²) >= 11 is 0. The Labute approximate surface area is 102 Å². The van der Waals surface area contributed by atoms with Crippen LogP contribution >= 0.6 is 0 Å². The van der Waals surface area contributed by atoms with Crippen LogP contribution in [0.3, 0.4) is 0 Å². The first kappa shape index (κ1) is 10.5. The molecule has 0 fully saturated rings. The minimum atomic E-state index is -0.359. The number of nitrogens with one attached hydrogen (secondary N) is 1. The number of H-pyrrole nitrogens is 1. The van der Waals surface area contributed by atoms with Crippen molar-refractivity contribution in [3.63, 3.8) is 0 Å². The fourth-order valence-corrected chi connectivity index (χ4v) is 1.92. The van der Waals surface area contributed by atoms with Crippen LogP contribution in [0, 0.1) is 0 Å². The van der Waals surface area contributed by atoms with Gasteiger partial charge < -0.3 is 4.74 Å². The zero-order valence-corrected chi connectivity index (χ0v) is 9.51. The highest BCUT2D eigenvalue weighted by atomic mass is 16.5. The summed E-state index contributed by atoms with van der Waals surface area (Å²) in [7, 11) is 1.46. The van der Waals surface area contributed by atoms with Gasteiger partial charge in [-0.3, -0.25) is 14.7 Å². The van der Waals surface area contributed by atoms with Gasteiger partial charge in [-0.2, -0.15) is 0 Å². The van der Waals surface area contributed by atoms with Gasteiger partial charge in [-0.05, 0) is 12.1 Å². The van der Waals surface area contributed by atoms with Gasteiger partial charge in [0.1, 0.15) is 5.82 Å². The number of methoxy groups -OCH3 is 1. The van der Waals surface area contributed by atoms with Crippen LogP contribution < -0.4 is 9.64 Å². The molecule has 0 bridgehead atoms. The van der Waals surface area contributed by atoms with Gasteiger partial charge >= 0.3 is 0 Å². The maximum atomic E-state index is 12.1. The van der Waals surface area contributed by atoms with Gasteiger partial charge in [0.15, 0.2) is 0 Å². The van der Waals surface area contributed by atoms with Crippen molar-refractivity contribution >= 4 is 17.6 Å². The third-order valence-electron chi connectivity index (χ3n) is 2.78. The quantitative estimate of drug-likeness (QED) is 0.804. The molecular weight excluding hydrogens is 234 g/mol. The second-order valence-corrected chi connectivity index (χ2v) is 3.79. The molecule has 1 aromatic heterocycles. The van der Waals surface area contributed by atoms with Gasteiger partial charge in [-0.1, -0.05) is 12.1 Å². The van der Waals surface area contributed by atoms with E-state index in [0.29, 0.717) is 22.8 Å². The van der Waals surface area contributed by atoms with Crippen molar-refractivity contribution in [1.82, 2.24) is 10.2 Å². The highest BCUT2D eigenvalue weighted by Gasteiger charge is 2.37. The van der Waals surface area contributed by atoms with Gasteiger partial charge in [0, 0.05) is 6.07 Å². The van der Waals surface area contributed by atoms with Gasteiger partial charge in [-0.15, -0.1) is 5.10 Å². The third-order valence-corrected chi connectivity index (χ3v) is 2.78. The van der Waals surface area contributed by atoms with Crippen LogP contribution in [0.15, 0.2) is 30.3 Å². The van der Waals surface area contributed by atoms with Crippen molar-refractivity contribution in [3.8, 4) is 5.88 Å². The number of anilines is 1. The van der Waals surface area contributed by atoms with Crippen LogP contribution in [-0.2, 0) is 0 Å². The zero-order valence-electron chi connectivity index (χ0n) is 9.51. The maximum Gasteiger partial charge on any atom is 0.267 e. The van der Waals surface area contributed by atoms with E-state index in [9.17, 15) is 9.59 Å². The number of carbonyl (C=O) groups is 2. The highest BCUT2D eigenvalue weighted by molar-refractivity contribution is 6.34. The molecule has 18 heavy (non-hydrogen) atoms. The van der Waals surface area contributed by atoms with Crippen LogP contribution in [-0.4, -0.2) is 29.1 Å². The standard InChI is InChI=1S/C12H9N3O3/c1-18-10-6-9(13-14-10)15-11(16)7-4-2-3-5-8(7)12(15)17/h2-6H,1H3,(H,13,14). The summed E-state index contributed by atoms with van der Waals surface area (Å²) in [6, 6.07) is 8.20. The summed E-state index contributed by atoms with van der Waals surface area (Å²) in [6.07, 6.45) is 0. The Bertz CT molecular complexity index is 613. The van der Waals surface area contributed by atoms with Crippen LogP contribution in [0.2, 0.25) is 0 Å². The Hall–Kier alpha value is -2.63. The fraction of sp³-hybridized carbons (Fsp3) is 0.0833. The predicted octanol–water partition coefficient (Wildman–Crippen LogP) is 1.22. The predicted molar refractivity (Wildman–Crippen MR) is 62.7 cm³/mol. The summed E-state index contributed by atoms with van der Waals surface area (Å²) < 4.78 is 4.91. The van der Waals surface area contributed by atoms with Crippen LogP contribution in [0.25, 0.3) is 0 Å². The molecule has 1 aliphatic heterocycles. The normalized spacial score (nSPS) is 13.9. The van der Waals surface area contributed by atoms with Crippen molar-refractivity contribution in [2.75, 3.05) is 12.0 Å². The lowest BCUT2D eigenvalue weighted by Gasteiger charge is -2.09. The molecule has 2 aromatic rings. The number of nitrogens with zero attached hydrogens (tertiary/aromatic N) is 2. The molecule has 0 unspecified atom stereocenters. The van der Waals surface area contributed by atoms with Crippen LogP contribution in [0.5, 0.6) is 5.88 Å². The topological polar surface area (TPSA) is 75.3 Å². The summed E-state index contributed by atoms with van der Waals surface area (Å²) in [5.74, 6) is -0.0941. The lowest BCUT2D eigenvalue weighted by molar-refractivity contribution is 0.0925. The van der Waals surface area contributed by atoms with E-state index in [-0.39, 0.29) is 11.8 Å². The molecular formula is C12H9N3O3. The zero-order chi connectivity index (χ0) is 12.7. The van der Waals surface area contributed by atoms with Crippen molar-refractivity contribution < 1.29 is 14.3 Å². The molecule has 1 aliphatic rings. The lowest BCUT2D eigenvalue weighted by atomic mass is 10.1. The summed E-state index contributed by atoms with van der Waals surface area (Å²) in [5.41, 5.74) is 0.798. The Kier molecular flexibility index (Phi) is 2.16. The smallest absolute Gasteiger partial charge is 0.267 e. The number of amides is 2. The van der Waals surface area contributed by atoms with E-state index in [1.54, 1.807) is 24.3 Å². The number of fused-ring (bicyclic) bond motifs is 1. The number of hydrogen-bond donors (Lipinski definition) is 1. The van der Waals surface area contributed by atoms with E-state index < -0.39 is 0 Å². The fourth-order valence-electron chi connectivity index (χ4n) is 1.92. The van der Waals surface area contributed by atoms with Gasteiger partial charge in [-0.25, -0.2) is 4.90 Å². The summed E-state index contributed by atoms with van der Waals surface area (Å²) in [6.45, 7) is 0. The Morgan fingerprint density at radius 2 is 1.78 bits per heavy atom. The van der Waals surface area contributed by atoms with Crippen molar-refractivity contribution in [2.24, 2.45) is 0 Å². The van der Waals surface area contributed by atoms with Gasteiger partial charge in [0.2, 0.25) is 5.88 Å². The summed E-state index contributed by atoms with van der Waals surface area (Å²) in [4.78, 5) is 25.3. The minimum Gasteiger partial charge on any atom is -0.480 e. The van der Waals surface area contributed by atoms with E-state index in [0.717, 1.165) is 4.90 Å². The molecule has 1 aromatic carbocycles. The number of aromatic nitrogens is 2. The molecule has 2 amide bonds. The molecule has 6 nitrogen and oxygen atoms in total. The average molecular weight is 243 g/mol. The van der Waals surface area contributed by atoms with Crippen molar-refractivity contribution in [1.29, 1.82) is 0 Å². The van der Waals surface area contributed by atoms with E-state index in [4.69, 9.17) is 4.74 Å². The van der Waals surface area contributed by atoms with E-state index >= 15 is 0 Å². The average Bonchev–Trinajstić information content (AvgIpc) is 2.95. The molecule has 0 aliphatic carbocycles. The molecule has 6 heteroatoms. The van der Waals surface area contributed by atoms with Crippen molar-refractivity contribution in [2.45, 2.75) is 0 Å². The monoisotopic (exact) mass is 243 g/mol. The Morgan fingerprint density at radius 3 is 2.28 bits per heavy atom. The van der Waals surface area contributed by atoms with Crippen LogP contribution in [0.4, 0.5) is 5.82 Å². The first-order valence-corrected chi connectivity index (χ1v) is 5.29. The highest BCUT2D eigenvalue weighted by Crippen LogP contribution is 2.28. The second-order valence-electron chi connectivity index (χ2n) is 3.79. The third kappa shape index (κ3) is 1.32. The van der Waals surface area contributed by atoms with E-state index in [1.165, 1.54) is 13.2 Å². The van der Waals surface area contributed by atoms with E-state index in [2.05, 4.69) is 10.2 Å². The molecule has 90 valence electrons. The first-order chi connectivity index (χ1) is 8.72. The Balaban J connectivity index is 2.06. The molecule has 0 saturated heterocycles. The number of imide groups is 1. The number of hydrogen-bond acceptors (Lipinski definition) is 4. The molecule has 0 saturated carbocycles. The number of aromatic amines is 1. The molecule has 2 heterocycles. The Morgan fingerprint density at radius 1 is 1.17 bits per heavy atom. The van der Waals surface area contributed by atoms with Crippen molar-refractivity contribution in [3.05, 3.63) is 41.5 Å². The molecule has 3 rings (SSSR count).